The first-order valence-electron chi connectivity index (χ1n) is 10.3. The number of nitrogens with zero attached hydrogens (tertiary/aromatic N) is 1. The van der Waals surface area contributed by atoms with Crippen LogP contribution in [0.4, 0.5) is 4.39 Å². The van der Waals surface area contributed by atoms with Gasteiger partial charge in [0.15, 0.2) is 9.84 Å². The molecule has 4 rings (SSSR count). The number of nitrogens with two attached hydrogens (primary N) is 1. The van der Waals surface area contributed by atoms with Crippen molar-refractivity contribution in [3.63, 3.8) is 0 Å². The summed E-state index contributed by atoms with van der Waals surface area (Å²) >= 11 is 0. The third kappa shape index (κ3) is 4.27. The zero-order valence-corrected chi connectivity index (χ0v) is 19.1. The van der Waals surface area contributed by atoms with Crippen LogP contribution in [0.15, 0.2) is 51.8 Å². The number of para-hydroxylation sites is 1. The number of rotatable bonds is 7. The minimum Gasteiger partial charge on any atom is -0.477 e. The highest BCUT2D eigenvalue weighted by atomic mass is 32.2. The number of aromatic nitrogens is 2. The molecule has 0 fully saturated rings. The Labute approximate surface area is 193 Å². The second-order valence-electron chi connectivity index (χ2n) is 8.08. The Kier molecular flexibility index (Phi) is 5.92. The first-order chi connectivity index (χ1) is 16.0. The van der Waals surface area contributed by atoms with E-state index >= 15 is 0 Å². The molecule has 0 aliphatic carbocycles. The van der Waals surface area contributed by atoms with Crippen molar-refractivity contribution >= 4 is 26.7 Å². The number of carbonyl (C=O) groups is 1. The molecule has 4 N–H and O–H groups in total. The number of halogens is 1. The molecule has 0 spiro atoms. The number of sulfone groups is 1. The van der Waals surface area contributed by atoms with E-state index in [1.165, 1.54) is 22.9 Å². The van der Waals surface area contributed by atoms with E-state index < -0.39 is 39.2 Å². The molecule has 9 nitrogen and oxygen atoms in total. The molecule has 1 atom stereocenters. The molecule has 178 valence electrons. The van der Waals surface area contributed by atoms with Gasteiger partial charge in [-0.2, -0.15) is 0 Å². The number of oxazole rings is 1. The van der Waals surface area contributed by atoms with E-state index in [1.807, 2.05) is 0 Å². The Morgan fingerprint density at radius 2 is 2.03 bits per heavy atom. The number of hydrogen-bond donors (Lipinski definition) is 3. The van der Waals surface area contributed by atoms with Gasteiger partial charge in [-0.1, -0.05) is 30.3 Å². The molecule has 2 heterocycles. The highest BCUT2D eigenvalue weighted by Gasteiger charge is 2.24. The number of fused-ring (bicyclic) bond motifs is 1. The van der Waals surface area contributed by atoms with Crippen LogP contribution in [0.25, 0.3) is 22.0 Å². The van der Waals surface area contributed by atoms with Crippen molar-refractivity contribution in [3.05, 3.63) is 81.5 Å². The lowest BCUT2D eigenvalue weighted by molar-refractivity contribution is 0.0692. The summed E-state index contributed by atoms with van der Waals surface area (Å²) in [5, 5.41) is 10.3. The van der Waals surface area contributed by atoms with Crippen LogP contribution >= 0.6 is 0 Å². The molecule has 0 saturated heterocycles. The van der Waals surface area contributed by atoms with Crippen molar-refractivity contribution in [2.45, 2.75) is 25.3 Å². The van der Waals surface area contributed by atoms with Gasteiger partial charge in [0.1, 0.15) is 17.3 Å². The summed E-state index contributed by atoms with van der Waals surface area (Å²) in [5.41, 5.74) is 7.00. The van der Waals surface area contributed by atoms with E-state index in [4.69, 9.17) is 10.2 Å². The molecule has 4 aromatic rings. The Bertz CT molecular complexity index is 1580. The van der Waals surface area contributed by atoms with Crippen molar-refractivity contribution in [1.29, 1.82) is 0 Å². The van der Waals surface area contributed by atoms with Crippen LogP contribution in [0.3, 0.4) is 0 Å². The molecule has 0 amide bonds. The molecule has 2 aromatic carbocycles. The standard InChI is InChI=1S/C23H22FN3O6S/c1-12(27-10-15(9-25)33-23(27)30)16-4-3-5-17-19(21(22(28)29)26-20(16)17)13-6-7-14(18(24)8-13)11-34(2,31)32/h3-8,10,12,26H,9,11,25H2,1-2H3,(H,28,29). The smallest absolute Gasteiger partial charge is 0.419 e. The van der Waals surface area contributed by atoms with Crippen LogP contribution in [-0.4, -0.2) is 35.3 Å². The van der Waals surface area contributed by atoms with Gasteiger partial charge in [0.05, 0.1) is 30.1 Å². The van der Waals surface area contributed by atoms with Crippen LogP contribution in [0, 0.1) is 5.82 Å². The fourth-order valence-electron chi connectivity index (χ4n) is 4.06. The van der Waals surface area contributed by atoms with Crippen molar-refractivity contribution in [1.82, 2.24) is 9.55 Å². The van der Waals surface area contributed by atoms with E-state index in [0.29, 0.717) is 22.2 Å². The first-order valence-corrected chi connectivity index (χ1v) is 12.3. The SMILES string of the molecule is CC(c1cccc2c(-c3ccc(CS(C)(=O)=O)c(F)c3)c(C(=O)O)[nH]c12)n1cc(CN)oc1=O. The van der Waals surface area contributed by atoms with Gasteiger partial charge in [-0.3, -0.25) is 4.57 Å². The highest BCUT2D eigenvalue weighted by Crippen LogP contribution is 2.37. The third-order valence-corrected chi connectivity index (χ3v) is 6.46. The lowest BCUT2D eigenvalue weighted by Gasteiger charge is -2.13. The maximum absolute atomic E-state index is 14.7. The van der Waals surface area contributed by atoms with Gasteiger partial charge in [0, 0.05) is 22.8 Å². The summed E-state index contributed by atoms with van der Waals surface area (Å²) in [6.07, 6.45) is 2.51. The fraction of sp³-hybridized carbons (Fsp3) is 0.217. The summed E-state index contributed by atoms with van der Waals surface area (Å²) in [4.78, 5) is 27.2. The fourth-order valence-corrected chi connectivity index (χ4v) is 4.86. The van der Waals surface area contributed by atoms with E-state index in [-0.39, 0.29) is 28.9 Å². The summed E-state index contributed by atoms with van der Waals surface area (Å²) in [6, 6.07) is 8.57. The molecule has 11 heteroatoms. The van der Waals surface area contributed by atoms with E-state index in [0.717, 1.165) is 12.3 Å². The zero-order chi connectivity index (χ0) is 24.8. The number of nitrogens with one attached hydrogen (secondary N) is 1. The monoisotopic (exact) mass is 487 g/mol. The number of H-pyrrole nitrogens is 1. The van der Waals surface area contributed by atoms with E-state index in [9.17, 15) is 27.5 Å². The molecule has 0 saturated carbocycles. The molecular weight excluding hydrogens is 465 g/mol. The van der Waals surface area contributed by atoms with Gasteiger partial charge >= 0.3 is 11.7 Å². The number of carboxylic acid groups (broad SMARTS) is 1. The van der Waals surface area contributed by atoms with Gasteiger partial charge in [-0.15, -0.1) is 0 Å². The van der Waals surface area contributed by atoms with Crippen LogP contribution < -0.4 is 11.5 Å². The maximum atomic E-state index is 14.7. The number of aromatic carboxylic acids is 1. The summed E-state index contributed by atoms with van der Waals surface area (Å²) < 4.78 is 44.3. The summed E-state index contributed by atoms with van der Waals surface area (Å²) in [6.45, 7) is 1.81. The van der Waals surface area contributed by atoms with Gasteiger partial charge in [-0.05, 0) is 24.1 Å². The molecule has 34 heavy (non-hydrogen) atoms. The zero-order valence-electron chi connectivity index (χ0n) is 18.3. The number of hydrogen-bond acceptors (Lipinski definition) is 6. The van der Waals surface area contributed by atoms with Gasteiger partial charge < -0.3 is 20.2 Å². The van der Waals surface area contributed by atoms with E-state index in [2.05, 4.69) is 4.98 Å². The molecule has 0 radical (unpaired) electrons. The Morgan fingerprint density at radius 3 is 2.62 bits per heavy atom. The molecule has 1 unspecified atom stereocenters. The number of benzene rings is 2. The third-order valence-electron chi connectivity index (χ3n) is 5.62. The quantitative estimate of drug-likeness (QED) is 0.363. The average Bonchev–Trinajstić information content (AvgIpc) is 3.34. The second kappa shape index (κ2) is 8.58. The van der Waals surface area contributed by atoms with Crippen molar-refractivity contribution in [2.24, 2.45) is 5.73 Å². The Morgan fingerprint density at radius 1 is 1.29 bits per heavy atom. The van der Waals surface area contributed by atoms with Crippen molar-refractivity contribution in [2.75, 3.05) is 6.26 Å². The molecule has 2 aromatic heterocycles. The Hall–Kier alpha value is -3.70. The predicted molar refractivity (Wildman–Crippen MR) is 124 cm³/mol. The minimum atomic E-state index is -3.45. The maximum Gasteiger partial charge on any atom is 0.419 e. The van der Waals surface area contributed by atoms with Crippen LogP contribution in [-0.2, 0) is 22.1 Å². The Balaban J connectivity index is 1.90. The van der Waals surface area contributed by atoms with Crippen LogP contribution in [0.2, 0.25) is 0 Å². The number of carboxylic acids is 1. The van der Waals surface area contributed by atoms with Crippen molar-refractivity contribution < 1.29 is 27.1 Å². The predicted octanol–water partition coefficient (Wildman–Crippen LogP) is 3.04. The largest absolute Gasteiger partial charge is 0.477 e. The van der Waals surface area contributed by atoms with Gasteiger partial charge in [0.2, 0.25) is 0 Å². The number of aromatic amines is 1. The lowest BCUT2D eigenvalue weighted by atomic mass is 9.98. The van der Waals surface area contributed by atoms with Crippen LogP contribution in [0.5, 0.6) is 0 Å². The highest BCUT2D eigenvalue weighted by molar-refractivity contribution is 7.89. The average molecular weight is 488 g/mol. The first kappa shape index (κ1) is 23.5. The molecule has 0 bridgehead atoms. The summed E-state index contributed by atoms with van der Waals surface area (Å²) in [7, 11) is -3.45. The second-order valence-corrected chi connectivity index (χ2v) is 10.2. The lowest BCUT2D eigenvalue weighted by Crippen LogP contribution is -2.18. The normalized spacial score (nSPS) is 12.8. The van der Waals surface area contributed by atoms with Crippen molar-refractivity contribution in [3.8, 4) is 11.1 Å². The van der Waals surface area contributed by atoms with Gasteiger partial charge in [0.25, 0.3) is 0 Å². The molecular formula is C23H22FN3O6S. The summed E-state index contributed by atoms with van der Waals surface area (Å²) in [5.74, 6) is -2.76. The topological polar surface area (TPSA) is 148 Å². The molecule has 0 aliphatic heterocycles. The minimum absolute atomic E-state index is 0.00711. The van der Waals surface area contributed by atoms with Gasteiger partial charge in [-0.25, -0.2) is 22.4 Å². The van der Waals surface area contributed by atoms with E-state index in [1.54, 1.807) is 25.1 Å². The van der Waals surface area contributed by atoms with Crippen LogP contribution in [0.1, 0.15) is 40.3 Å². The molecule has 0 aliphatic rings.